The van der Waals surface area contributed by atoms with Crippen LogP contribution >= 0.6 is 23.2 Å². The lowest BCUT2D eigenvalue weighted by Crippen LogP contribution is -2.19. The third-order valence-corrected chi connectivity index (χ3v) is 5.36. The van der Waals surface area contributed by atoms with Gasteiger partial charge in [0.1, 0.15) is 0 Å². The van der Waals surface area contributed by atoms with Crippen LogP contribution in [0.4, 0.5) is 5.69 Å². The van der Waals surface area contributed by atoms with Crippen LogP contribution in [0.25, 0.3) is 5.69 Å². The topological polar surface area (TPSA) is 89.5 Å². The van der Waals surface area contributed by atoms with Crippen molar-refractivity contribution in [3.05, 3.63) is 91.2 Å². The second-order valence-electron chi connectivity index (χ2n) is 6.63. The molecule has 0 atom stereocenters. The molecule has 0 bridgehead atoms. The fraction of sp³-hybridized carbons (Fsp3) is 0.143. The predicted molar refractivity (Wildman–Crippen MR) is 118 cm³/mol. The summed E-state index contributed by atoms with van der Waals surface area (Å²) in [6.45, 7) is 3.86. The fourth-order valence-electron chi connectivity index (χ4n) is 3.09. The SMILES string of the molecule is Cc1cc(/C=N\NC(=O)Cc2ccc([N+](=O)[O-])cc2)c(C)n1-c1cccc(Cl)c1Cl. The quantitative estimate of drug-likeness (QED) is 0.329. The first-order valence-corrected chi connectivity index (χ1v) is 9.72. The van der Waals surface area contributed by atoms with Crippen molar-refractivity contribution in [2.24, 2.45) is 5.10 Å². The first-order valence-electron chi connectivity index (χ1n) is 8.96. The monoisotopic (exact) mass is 444 g/mol. The highest BCUT2D eigenvalue weighted by molar-refractivity contribution is 6.43. The van der Waals surface area contributed by atoms with E-state index in [1.165, 1.54) is 12.1 Å². The van der Waals surface area contributed by atoms with E-state index >= 15 is 0 Å². The summed E-state index contributed by atoms with van der Waals surface area (Å²) in [6.07, 6.45) is 1.62. The molecule has 0 aliphatic carbocycles. The third kappa shape index (κ3) is 4.69. The van der Waals surface area contributed by atoms with Crippen LogP contribution in [0, 0.1) is 24.0 Å². The minimum Gasteiger partial charge on any atom is -0.316 e. The van der Waals surface area contributed by atoms with E-state index in [2.05, 4.69) is 10.5 Å². The number of nitrogens with one attached hydrogen (secondary N) is 1. The number of non-ortho nitro benzene ring substituents is 1. The van der Waals surface area contributed by atoms with E-state index in [9.17, 15) is 14.9 Å². The van der Waals surface area contributed by atoms with Gasteiger partial charge < -0.3 is 4.57 Å². The molecule has 154 valence electrons. The third-order valence-electron chi connectivity index (χ3n) is 4.55. The lowest BCUT2D eigenvalue weighted by atomic mass is 10.1. The zero-order valence-electron chi connectivity index (χ0n) is 16.2. The molecule has 2 aromatic carbocycles. The average Bonchev–Trinajstić information content (AvgIpc) is 2.98. The molecule has 30 heavy (non-hydrogen) atoms. The van der Waals surface area contributed by atoms with Gasteiger partial charge >= 0.3 is 0 Å². The van der Waals surface area contributed by atoms with Gasteiger partial charge in [0.25, 0.3) is 5.69 Å². The molecular weight excluding hydrogens is 427 g/mol. The minimum atomic E-state index is -0.485. The van der Waals surface area contributed by atoms with E-state index < -0.39 is 4.92 Å². The largest absolute Gasteiger partial charge is 0.316 e. The molecule has 1 N–H and O–H groups in total. The number of aromatic nitrogens is 1. The van der Waals surface area contributed by atoms with Gasteiger partial charge in [0.15, 0.2) is 0 Å². The molecular formula is C21H18Cl2N4O3. The molecule has 0 unspecified atom stereocenters. The molecule has 3 rings (SSSR count). The van der Waals surface area contributed by atoms with E-state index in [1.54, 1.807) is 24.4 Å². The second-order valence-corrected chi connectivity index (χ2v) is 7.41. The number of carbonyl (C=O) groups is 1. The Kier molecular flexibility index (Phi) is 6.54. The first kappa shape index (κ1) is 21.5. The molecule has 9 heteroatoms. The summed E-state index contributed by atoms with van der Waals surface area (Å²) in [5.74, 6) is -0.327. The van der Waals surface area contributed by atoms with Gasteiger partial charge in [0.05, 0.1) is 33.3 Å². The zero-order chi connectivity index (χ0) is 21.8. The van der Waals surface area contributed by atoms with Crippen molar-refractivity contribution in [1.29, 1.82) is 0 Å². The summed E-state index contributed by atoms with van der Waals surface area (Å²) in [5.41, 5.74) is 6.52. The number of aryl methyl sites for hydroxylation is 1. The van der Waals surface area contributed by atoms with Gasteiger partial charge in [0, 0.05) is 29.1 Å². The molecule has 3 aromatic rings. The predicted octanol–water partition coefficient (Wildman–Crippen LogP) is 5.00. The number of nitrogens with zero attached hydrogens (tertiary/aromatic N) is 3. The number of nitro groups is 1. The van der Waals surface area contributed by atoms with Crippen molar-refractivity contribution < 1.29 is 9.72 Å². The summed E-state index contributed by atoms with van der Waals surface area (Å²) >= 11 is 12.5. The number of rotatable bonds is 6. The van der Waals surface area contributed by atoms with Gasteiger partial charge in [-0.1, -0.05) is 41.4 Å². The average molecular weight is 445 g/mol. The molecule has 1 amide bonds. The number of carbonyl (C=O) groups excluding carboxylic acids is 1. The van der Waals surface area contributed by atoms with Gasteiger partial charge in [0.2, 0.25) is 5.91 Å². The Morgan fingerprint density at radius 3 is 2.57 bits per heavy atom. The number of halogens is 2. The van der Waals surface area contributed by atoms with Crippen LogP contribution in [0.2, 0.25) is 10.0 Å². The Morgan fingerprint density at radius 1 is 1.20 bits per heavy atom. The molecule has 1 heterocycles. The fourth-order valence-corrected chi connectivity index (χ4v) is 3.47. The number of nitro benzene ring substituents is 1. The van der Waals surface area contributed by atoms with Crippen molar-refractivity contribution in [2.75, 3.05) is 0 Å². The summed E-state index contributed by atoms with van der Waals surface area (Å²) in [4.78, 5) is 22.3. The van der Waals surface area contributed by atoms with E-state index in [1.807, 2.05) is 36.6 Å². The standard InChI is InChI=1S/C21H18Cl2N4O3/c1-13-10-16(14(2)26(13)19-5-3-4-18(22)21(19)23)12-24-25-20(28)11-15-6-8-17(9-7-15)27(29)30/h3-10,12H,11H2,1-2H3,(H,25,28)/b24-12-. The summed E-state index contributed by atoms with van der Waals surface area (Å²) in [7, 11) is 0. The maximum atomic E-state index is 12.1. The molecule has 0 saturated carbocycles. The van der Waals surface area contributed by atoms with E-state index in [4.69, 9.17) is 23.2 Å². The van der Waals surface area contributed by atoms with Crippen LogP contribution in [0.5, 0.6) is 0 Å². The molecule has 1 aromatic heterocycles. The van der Waals surface area contributed by atoms with Crippen molar-refractivity contribution >= 4 is 41.0 Å². The van der Waals surface area contributed by atoms with E-state index in [-0.39, 0.29) is 18.0 Å². The van der Waals surface area contributed by atoms with Crippen molar-refractivity contribution in [3.63, 3.8) is 0 Å². The van der Waals surface area contributed by atoms with Crippen molar-refractivity contribution in [1.82, 2.24) is 9.99 Å². The van der Waals surface area contributed by atoms with Crippen LogP contribution in [0.15, 0.2) is 53.6 Å². The second kappa shape index (κ2) is 9.11. The first-order chi connectivity index (χ1) is 14.3. The highest BCUT2D eigenvalue weighted by Gasteiger charge is 2.14. The Morgan fingerprint density at radius 2 is 1.90 bits per heavy atom. The maximum Gasteiger partial charge on any atom is 0.269 e. The van der Waals surface area contributed by atoms with Crippen LogP contribution in [0.1, 0.15) is 22.5 Å². The maximum absolute atomic E-state index is 12.1. The Bertz CT molecular complexity index is 1140. The number of benzene rings is 2. The van der Waals surface area contributed by atoms with Crippen LogP contribution in [-0.2, 0) is 11.2 Å². The molecule has 0 spiro atoms. The highest BCUT2D eigenvalue weighted by atomic mass is 35.5. The Balaban J connectivity index is 1.70. The number of hydrogen-bond donors (Lipinski definition) is 1. The molecule has 0 saturated heterocycles. The van der Waals surface area contributed by atoms with Crippen LogP contribution < -0.4 is 5.43 Å². The highest BCUT2D eigenvalue weighted by Crippen LogP contribution is 2.31. The molecule has 0 radical (unpaired) electrons. The molecule has 0 fully saturated rings. The smallest absolute Gasteiger partial charge is 0.269 e. The van der Waals surface area contributed by atoms with Gasteiger partial charge in [-0.25, -0.2) is 5.43 Å². The summed E-state index contributed by atoms with van der Waals surface area (Å²) in [6, 6.07) is 13.2. The van der Waals surface area contributed by atoms with Gasteiger partial charge in [-0.2, -0.15) is 5.10 Å². The summed E-state index contributed by atoms with van der Waals surface area (Å²) in [5, 5.41) is 15.6. The van der Waals surface area contributed by atoms with Gasteiger partial charge in [-0.15, -0.1) is 0 Å². The summed E-state index contributed by atoms with van der Waals surface area (Å²) < 4.78 is 1.97. The number of amides is 1. The molecule has 0 aliphatic rings. The lowest BCUT2D eigenvalue weighted by Gasteiger charge is -2.12. The number of hydrogen-bond acceptors (Lipinski definition) is 4. The van der Waals surface area contributed by atoms with E-state index in [0.717, 1.165) is 22.6 Å². The van der Waals surface area contributed by atoms with Gasteiger partial charge in [-0.05, 0) is 37.6 Å². The van der Waals surface area contributed by atoms with E-state index in [0.29, 0.717) is 15.6 Å². The van der Waals surface area contributed by atoms with Gasteiger partial charge in [-0.3, -0.25) is 14.9 Å². The minimum absolute atomic E-state index is 0.0210. The van der Waals surface area contributed by atoms with Crippen molar-refractivity contribution in [3.8, 4) is 5.69 Å². The van der Waals surface area contributed by atoms with Crippen molar-refractivity contribution in [2.45, 2.75) is 20.3 Å². The zero-order valence-corrected chi connectivity index (χ0v) is 17.7. The van der Waals surface area contributed by atoms with Crippen LogP contribution in [-0.4, -0.2) is 21.6 Å². The normalized spacial score (nSPS) is 11.1. The number of hydrazone groups is 1. The Hall–Kier alpha value is -3.16. The molecule has 0 aliphatic heterocycles. The lowest BCUT2D eigenvalue weighted by molar-refractivity contribution is -0.384. The Labute approximate surface area is 183 Å². The molecule has 7 nitrogen and oxygen atoms in total. The van der Waals surface area contributed by atoms with Crippen LogP contribution in [0.3, 0.4) is 0 Å².